The zero-order valence-corrected chi connectivity index (χ0v) is 13.0. The second kappa shape index (κ2) is 7.44. The highest BCUT2D eigenvalue weighted by molar-refractivity contribution is 9.10. The van der Waals surface area contributed by atoms with Gasteiger partial charge < -0.3 is 0 Å². The van der Waals surface area contributed by atoms with E-state index in [4.69, 9.17) is 0 Å². The quantitative estimate of drug-likeness (QED) is 0.629. The van der Waals surface area contributed by atoms with Gasteiger partial charge in [-0.15, -0.1) is 0 Å². The van der Waals surface area contributed by atoms with Gasteiger partial charge in [-0.05, 0) is 36.6 Å². The molecule has 2 aromatic rings. The third-order valence-corrected chi connectivity index (χ3v) is 3.82. The molecule has 2 heteroatoms. The summed E-state index contributed by atoms with van der Waals surface area (Å²) < 4.78 is 1.11. The summed E-state index contributed by atoms with van der Waals surface area (Å²) in [5, 5.41) is 0. The first-order chi connectivity index (χ1) is 9.29. The minimum absolute atomic E-state index is 1.10. The summed E-state index contributed by atoms with van der Waals surface area (Å²) in [5.41, 5.74) is 3.61. The first kappa shape index (κ1) is 14.3. The van der Waals surface area contributed by atoms with Crippen molar-refractivity contribution in [3.05, 3.63) is 52.8 Å². The lowest BCUT2D eigenvalue weighted by Gasteiger charge is -2.04. The molecule has 0 amide bonds. The molecule has 1 aromatic carbocycles. The molecule has 1 heterocycles. The summed E-state index contributed by atoms with van der Waals surface area (Å²) >= 11 is 3.46. The van der Waals surface area contributed by atoms with Crippen LogP contribution in [0.4, 0.5) is 0 Å². The van der Waals surface area contributed by atoms with Crippen LogP contribution in [0.1, 0.15) is 38.3 Å². The van der Waals surface area contributed by atoms with Gasteiger partial charge in [-0.2, -0.15) is 0 Å². The standard InChI is InChI=1S/C17H20BrN/c1-2-3-4-5-6-17-12-9-15(13-19-17)14-7-10-16(18)11-8-14/h7-13H,2-6H2,1H3. The Labute approximate surface area is 124 Å². The van der Waals surface area contributed by atoms with Crippen molar-refractivity contribution in [2.75, 3.05) is 0 Å². The van der Waals surface area contributed by atoms with Gasteiger partial charge in [0.2, 0.25) is 0 Å². The van der Waals surface area contributed by atoms with Gasteiger partial charge in [-0.3, -0.25) is 4.98 Å². The molecule has 0 atom stereocenters. The predicted molar refractivity (Wildman–Crippen MR) is 85.2 cm³/mol. The van der Waals surface area contributed by atoms with Gasteiger partial charge in [0, 0.05) is 21.9 Å². The number of hydrogen-bond donors (Lipinski definition) is 0. The number of hydrogen-bond acceptors (Lipinski definition) is 1. The Bertz CT molecular complexity index is 488. The molecule has 0 bridgehead atoms. The van der Waals surface area contributed by atoms with E-state index in [2.05, 4.69) is 64.2 Å². The summed E-state index contributed by atoms with van der Waals surface area (Å²) in [7, 11) is 0. The molecule has 0 saturated carbocycles. The van der Waals surface area contributed by atoms with E-state index in [1.807, 2.05) is 6.20 Å². The van der Waals surface area contributed by atoms with Crippen molar-refractivity contribution in [1.82, 2.24) is 4.98 Å². The van der Waals surface area contributed by atoms with Gasteiger partial charge in [0.1, 0.15) is 0 Å². The van der Waals surface area contributed by atoms with Crippen molar-refractivity contribution in [3.63, 3.8) is 0 Å². The number of rotatable bonds is 6. The molecule has 0 unspecified atom stereocenters. The highest BCUT2D eigenvalue weighted by Gasteiger charge is 1.99. The Kier molecular flexibility index (Phi) is 5.59. The lowest BCUT2D eigenvalue weighted by molar-refractivity contribution is 0.661. The molecule has 0 fully saturated rings. The first-order valence-corrected chi connectivity index (χ1v) is 7.80. The molecule has 2 rings (SSSR count). The fraction of sp³-hybridized carbons (Fsp3) is 0.353. The van der Waals surface area contributed by atoms with Crippen LogP contribution in [0.3, 0.4) is 0 Å². The van der Waals surface area contributed by atoms with Crippen molar-refractivity contribution in [3.8, 4) is 11.1 Å². The fourth-order valence-electron chi connectivity index (χ4n) is 2.12. The van der Waals surface area contributed by atoms with Crippen molar-refractivity contribution < 1.29 is 0 Å². The number of unbranched alkanes of at least 4 members (excludes halogenated alkanes) is 3. The number of halogens is 1. The Morgan fingerprint density at radius 2 is 1.63 bits per heavy atom. The van der Waals surface area contributed by atoms with Crippen LogP contribution in [-0.4, -0.2) is 4.98 Å². The normalized spacial score (nSPS) is 10.6. The Morgan fingerprint density at radius 1 is 0.895 bits per heavy atom. The molecule has 100 valence electrons. The molecular weight excluding hydrogens is 298 g/mol. The van der Waals surface area contributed by atoms with Crippen LogP contribution in [0.15, 0.2) is 47.1 Å². The fourth-order valence-corrected chi connectivity index (χ4v) is 2.38. The van der Waals surface area contributed by atoms with Gasteiger partial charge in [0.05, 0.1) is 0 Å². The minimum Gasteiger partial charge on any atom is -0.261 e. The molecule has 0 aliphatic rings. The number of aryl methyl sites for hydroxylation is 1. The summed E-state index contributed by atoms with van der Waals surface area (Å²) in [4.78, 5) is 4.56. The molecule has 1 nitrogen and oxygen atoms in total. The van der Waals surface area contributed by atoms with Crippen LogP contribution in [0.2, 0.25) is 0 Å². The number of aromatic nitrogens is 1. The number of pyridine rings is 1. The zero-order valence-electron chi connectivity index (χ0n) is 11.4. The van der Waals surface area contributed by atoms with E-state index < -0.39 is 0 Å². The van der Waals surface area contributed by atoms with Gasteiger partial charge in [-0.25, -0.2) is 0 Å². The number of nitrogens with zero attached hydrogens (tertiary/aromatic N) is 1. The molecule has 0 N–H and O–H groups in total. The summed E-state index contributed by atoms with van der Waals surface area (Å²) in [6.07, 6.45) is 8.26. The van der Waals surface area contributed by atoms with E-state index in [1.54, 1.807) is 0 Å². The molecule has 1 aromatic heterocycles. The van der Waals surface area contributed by atoms with Crippen LogP contribution in [0.5, 0.6) is 0 Å². The third-order valence-electron chi connectivity index (χ3n) is 3.29. The van der Waals surface area contributed by atoms with Crippen molar-refractivity contribution >= 4 is 15.9 Å². The largest absolute Gasteiger partial charge is 0.261 e. The smallest absolute Gasteiger partial charge is 0.0404 e. The van der Waals surface area contributed by atoms with Gasteiger partial charge in [0.25, 0.3) is 0 Å². The van der Waals surface area contributed by atoms with E-state index in [0.717, 1.165) is 10.9 Å². The van der Waals surface area contributed by atoms with Crippen molar-refractivity contribution in [1.29, 1.82) is 0 Å². The Hall–Kier alpha value is -1.15. The van der Waals surface area contributed by atoms with Crippen LogP contribution in [-0.2, 0) is 6.42 Å². The Morgan fingerprint density at radius 3 is 2.26 bits per heavy atom. The lowest BCUT2D eigenvalue weighted by Crippen LogP contribution is -1.90. The molecule has 0 aliphatic carbocycles. The maximum Gasteiger partial charge on any atom is 0.0404 e. The highest BCUT2D eigenvalue weighted by atomic mass is 79.9. The lowest BCUT2D eigenvalue weighted by atomic mass is 10.1. The topological polar surface area (TPSA) is 12.9 Å². The van der Waals surface area contributed by atoms with Crippen molar-refractivity contribution in [2.24, 2.45) is 0 Å². The van der Waals surface area contributed by atoms with Crippen LogP contribution >= 0.6 is 15.9 Å². The van der Waals surface area contributed by atoms with Crippen molar-refractivity contribution in [2.45, 2.75) is 39.0 Å². The summed E-state index contributed by atoms with van der Waals surface area (Å²) in [5.74, 6) is 0. The molecule has 0 aliphatic heterocycles. The summed E-state index contributed by atoms with van der Waals surface area (Å²) in [6.45, 7) is 2.24. The second-order valence-electron chi connectivity index (χ2n) is 4.86. The first-order valence-electron chi connectivity index (χ1n) is 7.00. The zero-order chi connectivity index (χ0) is 13.5. The second-order valence-corrected chi connectivity index (χ2v) is 5.77. The highest BCUT2D eigenvalue weighted by Crippen LogP contribution is 2.21. The minimum atomic E-state index is 1.10. The maximum atomic E-state index is 4.56. The van der Waals surface area contributed by atoms with E-state index in [0.29, 0.717) is 0 Å². The van der Waals surface area contributed by atoms with E-state index in [-0.39, 0.29) is 0 Å². The average Bonchev–Trinajstić information content (AvgIpc) is 2.45. The SMILES string of the molecule is CCCCCCc1ccc(-c2ccc(Br)cc2)cn1. The third kappa shape index (κ3) is 4.46. The molecule has 0 spiro atoms. The maximum absolute atomic E-state index is 4.56. The summed E-state index contributed by atoms with van der Waals surface area (Å²) in [6, 6.07) is 12.7. The molecule has 0 saturated heterocycles. The van der Waals surface area contributed by atoms with Gasteiger partial charge in [0.15, 0.2) is 0 Å². The van der Waals surface area contributed by atoms with Crippen LogP contribution < -0.4 is 0 Å². The van der Waals surface area contributed by atoms with Crippen LogP contribution in [0, 0.1) is 0 Å². The molecule has 0 radical (unpaired) electrons. The molecular formula is C17H20BrN. The monoisotopic (exact) mass is 317 g/mol. The number of benzene rings is 1. The van der Waals surface area contributed by atoms with Crippen LogP contribution in [0.25, 0.3) is 11.1 Å². The Balaban J connectivity index is 1.96. The van der Waals surface area contributed by atoms with Gasteiger partial charge >= 0.3 is 0 Å². The van der Waals surface area contributed by atoms with E-state index in [9.17, 15) is 0 Å². The van der Waals surface area contributed by atoms with Gasteiger partial charge in [-0.1, -0.05) is 60.3 Å². The predicted octanol–water partition coefficient (Wildman–Crippen LogP) is 5.63. The van der Waals surface area contributed by atoms with E-state index >= 15 is 0 Å². The molecule has 19 heavy (non-hydrogen) atoms. The average molecular weight is 318 g/mol. The van der Waals surface area contributed by atoms with E-state index in [1.165, 1.54) is 42.5 Å².